The fourth-order valence-corrected chi connectivity index (χ4v) is 9.21. The number of hydrogen-bond acceptors (Lipinski definition) is 6. The number of para-hydroxylation sites is 3. The lowest BCUT2D eigenvalue weighted by molar-refractivity contribution is 0.951. The Bertz CT molecular complexity index is 4190. The van der Waals surface area contributed by atoms with Gasteiger partial charge in [0, 0.05) is 49.4 Å². The third-order valence-corrected chi connectivity index (χ3v) is 12.3. The highest BCUT2D eigenvalue weighted by Crippen LogP contribution is 2.40. The van der Waals surface area contributed by atoms with E-state index in [9.17, 15) is 0 Å². The molecule has 9 aromatic carbocycles. The molecule has 0 aliphatic heterocycles. The van der Waals surface area contributed by atoms with Crippen LogP contribution in [0.5, 0.6) is 0 Å². The van der Waals surface area contributed by atoms with Crippen LogP contribution in [0.1, 0.15) is 6.85 Å². The summed E-state index contributed by atoms with van der Waals surface area (Å²) in [6.07, 6.45) is 0. The van der Waals surface area contributed by atoms with Gasteiger partial charge in [-0.15, -0.1) is 0 Å². The van der Waals surface area contributed by atoms with Gasteiger partial charge in [-0.05, 0) is 59.7 Å². The normalized spacial score (nSPS) is 12.6. The molecule has 0 bridgehead atoms. The summed E-state index contributed by atoms with van der Waals surface area (Å²) in [5.41, 5.74) is 8.77. The van der Waals surface area contributed by atoms with E-state index in [4.69, 9.17) is 36.8 Å². The van der Waals surface area contributed by atoms with Crippen molar-refractivity contribution in [2.24, 2.45) is 0 Å². The van der Waals surface area contributed by atoms with E-state index in [-0.39, 0.29) is 29.7 Å². The summed E-state index contributed by atoms with van der Waals surface area (Å²) in [5.74, 6) is 2.79. The molecule has 0 N–H and O–H groups in total. The van der Waals surface area contributed by atoms with Crippen molar-refractivity contribution in [3.8, 4) is 79.7 Å². The van der Waals surface area contributed by atoms with Crippen LogP contribution in [0, 0.1) is 0 Å². The first-order valence-electron chi connectivity index (χ1n) is 24.7. The molecule has 0 saturated heterocycles. The predicted octanol–water partition coefficient (Wildman–Crippen LogP) is 14.3. The molecule has 0 fully saturated rings. The zero-order valence-corrected chi connectivity index (χ0v) is 36.1. The molecule has 13 aromatic rings. The molecule has 0 unspecified atom stereocenters. The lowest BCUT2D eigenvalue weighted by Crippen LogP contribution is -2.08. The van der Waals surface area contributed by atoms with Gasteiger partial charge in [0.2, 0.25) is 5.95 Å². The Morgan fingerprint density at radius 2 is 0.721 bits per heavy atom. The molecular weight excluding hydrogens is 833 g/mol. The van der Waals surface area contributed by atoms with Crippen molar-refractivity contribution >= 4 is 43.6 Å². The molecule has 0 amide bonds. The standard InChI is InChI=1S/C60H38N8/c1-5-19-39(20-6-1)43-33-35-53-48(37-43)47-29-15-16-30-50(47)67(53)54-36-34-44(58-62-55(40-21-7-2-8-22-40)61-56(63-58)41-23-9-3-10-24-41)38-49(54)59-64-57(42-25-11-4-12-26-42)65-60(66-59)68-51-31-17-13-27-45(51)46-28-14-18-32-52(46)68/h1-38H/i1D,5D,6D,19D,20D. The summed E-state index contributed by atoms with van der Waals surface area (Å²) in [6.45, 7) is 0. The van der Waals surface area contributed by atoms with Gasteiger partial charge in [0.15, 0.2) is 29.1 Å². The lowest BCUT2D eigenvalue weighted by Gasteiger charge is -2.17. The van der Waals surface area contributed by atoms with Gasteiger partial charge < -0.3 is 4.57 Å². The van der Waals surface area contributed by atoms with E-state index in [0.717, 1.165) is 66.0 Å². The van der Waals surface area contributed by atoms with E-state index in [1.54, 1.807) is 0 Å². The molecule has 0 spiro atoms. The SMILES string of the molecule is [2H]c1c([2H])c([2H])c(-c2ccc3c(c2)c2ccccc2n3-c2ccc(-c3nc(-c4ccccc4)nc(-c4ccccc4)n3)cc2-c2nc(-c3ccccc3)nc(-n3c4ccccc4c4ccccc43)n2)c([2H])c1[2H]. The average Bonchev–Trinajstić information content (AvgIpc) is 3.97. The smallest absolute Gasteiger partial charge is 0.238 e. The van der Waals surface area contributed by atoms with Crippen molar-refractivity contribution in [1.82, 2.24) is 39.0 Å². The fraction of sp³-hybridized carbons (Fsp3) is 0. The van der Waals surface area contributed by atoms with Gasteiger partial charge in [-0.25, -0.2) is 19.9 Å². The summed E-state index contributed by atoms with van der Waals surface area (Å²) in [5, 5.41) is 3.84. The maximum Gasteiger partial charge on any atom is 0.238 e. The van der Waals surface area contributed by atoms with Gasteiger partial charge in [0.1, 0.15) is 0 Å². The van der Waals surface area contributed by atoms with Crippen molar-refractivity contribution in [2.45, 2.75) is 0 Å². The molecule has 4 heterocycles. The summed E-state index contributed by atoms with van der Waals surface area (Å²) in [6, 6.07) is 64.2. The molecule has 68 heavy (non-hydrogen) atoms. The van der Waals surface area contributed by atoms with Crippen molar-refractivity contribution < 1.29 is 6.85 Å². The Morgan fingerprint density at radius 3 is 1.29 bits per heavy atom. The van der Waals surface area contributed by atoms with Crippen LogP contribution in [0.25, 0.3) is 123 Å². The number of fused-ring (bicyclic) bond motifs is 6. The minimum absolute atomic E-state index is 0.132. The quantitative estimate of drug-likeness (QED) is 0.151. The van der Waals surface area contributed by atoms with Gasteiger partial charge in [-0.2, -0.15) is 9.97 Å². The molecule has 8 heteroatoms. The van der Waals surface area contributed by atoms with E-state index in [1.807, 2.05) is 176 Å². The molecule has 13 rings (SSSR count). The van der Waals surface area contributed by atoms with Crippen LogP contribution < -0.4 is 0 Å². The summed E-state index contributed by atoms with van der Waals surface area (Å²) in [4.78, 5) is 31.3. The number of nitrogens with zero attached hydrogens (tertiary/aromatic N) is 8. The molecule has 0 atom stereocenters. The average molecular weight is 876 g/mol. The summed E-state index contributed by atoms with van der Waals surface area (Å²) in [7, 11) is 0. The van der Waals surface area contributed by atoms with Crippen LogP contribution in [0.2, 0.25) is 0 Å². The molecule has 0 saturated carbocycles. The number of rotatable bonds is 8. The topological polar surface area (TPSA) is 87.2 Å². The van der Waals surface area contributed by atoms with E-state index in [1.165, 1.54) is 0 Å². The molecule has 4 aromatic heterocycles. The Hall–Kier alpha value is -9.40. The first kappa shape index (κ1) is 34.0. The monoisotopic (exact) mass is 875 g/mol. The van der Waals surface area contributed by atoms with Gasteiger partial charge in [0.05, 0.1) is 34.6 Å². The molecule has 0 aliphatic carbocycles. The van der Waals surface area contributed by atoms with Crippen molar-refractivity contribution in [3.05, 3.63) is 230 Å². The zero-order valence-electron chi connectivity index (χ0n) is 41.1. The van der Waals surface area contributed by atoms with Gasteiger partial charge in [-0.1, -0.05) is 182 Å². The van der Waals surface area contributed by atoms with E-state index < -0.39 is 6.04 Å². The van der Waals surface area contributed by atoms with E-state index in [0.29, 0.717) is 51.8 Å². The van der Waals surface area contributed by atoms with Crippen LogP contribution in [0.15, 0.2) is 230 Å². The summed E-state index contributed by atoms with van der Waals surface area (Å²) >= 11 is 0. The highest BCUT2D eigenvalue weighted by atomic mass is 15.2. The minimum atomic E-state index is -0.438. The van der Waals surface area contributed by atoms with Crippen LogP contribution in [0.3, 0.4) is 0 Å². The zero-order chi connectivity index (χ0) is 49.3. The van der Waals surface area contributed by atoms with Gasteiger partial charge in [0.25, 0.3) is 0 Å². The third kappa shape index (κ3) is 6.70. The van der Waals surface area contributed by atoms with Gasteiger partial charge >= 0.3 is 0 Å². The number of aromatic nitrogens is 8. The molecule has 318 valence electrons. The highest BCUT2D eigenvalue weighted by Gasteiger charge is 2.23. The van der Waals surface area contributed by atoms with E-state index >= 15 is 0 Å². The van der Waals surface area contributed by atoms with Crippen molar-refractivity contribution in [2.75, 3.05) is 0 Å². The molecular formula is C60H38N8. The van der Waals surface area contributed by atoms with Crippen LogP contribution in [-0.4, -0.2) is 39.0 Å². The second kappa shape index (κ2) is 16.2. The number of benzene rings is 9. The third-order valence-electron chi connectivity index (χ3n) is 12.3. The maximum absolute atomic E-state index is 8.85. The number of hydrogen-bond donors (Lipinski definition) is 0. The maximum atomic E-state index is 8.85. The Kier molecular flexibility index (Phi) is 8.12. The molecule has 0 aliphatic rings. The van der Waals surface area contributed by atoms with Gasteiger partial charge in [-0.3, -0.25) is 4.57 Å². The Labute approximate surface area is 398 Å². The molecule has 0 radical (unpaired) electrons. The van der Waals surface area contributed by atoms with Crippen LogP contribution in [-0.2, 0) is 0 Å². The van der Waals surface area contributed by atoms with E-state index in [2.05, 4.69) is 33.4 Å². The second-order valence-corrected chi connectivity index (χ2v) is 16.4. The highest BCUT2D eigenvalue weighted by molar-refractivity contribution is 6.11. The first-order valence-corrected chi connectivity index (χ1v) is 22.2. The minimum Gasteiger partial charge on any atom is -0.309 e. The fourth-order valence-electron chi connectivity index (χ4n) is 9.21. The lowest BCUT2D eigenvalue weighted by atomic mass is 10.0. The predicted molar refractivity (Wildman–Crippen MR) is 275 cm³/mol. The van der Waals surface area contributed by atoms with Crippen LogP contribution in [0.4, 0.5) is 0 Å². The van der Waals surface area contributed by atoms with Crippen LogP contribution >= 0.6 is 0 Å². The van der Waals surface area contributed by atoms with Crippen molar-refractivity contribution in [1.29, 1.82) is 0 Å². The Morgan fingerprint density at radius 1 is 0.294 bits per heavy atom. The summed E-state index contributed by atoms with van der Waals surface area (Å²) < 4.78 is 47.1. The first-order chi connectivity index (χ1) is 35.8. The molecule has 8 nitrogen and oxygen atoms in total. The second-order valence-electron chi connectivity index (χ2n) is 16.4. The largest absolute Gasteiger partial charge is 0.309 e. The van der Waals surface area contributed by atoms with Crippen molar-refractivity contribution in [3.63, 3.8) is 0 Å². The Balaban J connectivity index is 1.11.